The number of hydrogen-bond donors (Lipinski definition) is 2. The van der Waals surface area contributed by atoms with Gasteiger partial charge in [-0.15, -0.1) is 0 Å². The number of unbranched alkanes of at least 4 members (excludes halogenated alkanes) is 3. The number of carbonyl (C=O) groups is 1. The molecule has 6 heteroatoms. The summed E-state index contributed by atoms with van der Waals surface area (Å²) in [7, 11) is 0. The zero-order valence-corrected chi connectivity index (χ0v) is 21.6. The van der Waals surface area contributed by atoms with Gasteiger partial charge in [-0.05, 0) is 63.5 Å². The van der Waals surface area contributed by atoms with Crippen molar-refractivity contribution in [2.75, 3.05) is 31.6 Å². The van der Waals surface area contributed by atoms with E-state index in [1.807, 2.05) is 49.4 Å². The van der Waals surface area contributed by atoms with Crippen molar-refractivity contribution < 1.29 is 14.6 Å². The highest BCUT2D eigenvalue weighted by molar-refractivity contribution is 5.93. The van der Waals surface area contributed by atoms with E-state index >= 15 is 0 Å². The van der Waals surface area contributed by atoms with Gasteiger partial charge in [0.2, 0.25) is 0 Å². The number of anilines is 2. The summed E-state index contributed by atoms with van der Waals surface area (Å²) in [6.45, 7) is 7.21. The van der Waals surface area contributed by atoms with Gasteiger partial charge in [-0.2, -0.15) is 0 Å². The number of carboxylic acids is 1. The molecule has 1 aliphatic rings. The average molecular weight is 490 g/mol. The van der Waals surface area contributed by atoms with Crippen LogP contribution in [0.4, 0.5) is 11.4 Å². The Morgan fingerprint density at radius 2 is 1.89 bits per heavy atom. The first-order valence-electron chi connectivity index (χ1n) is 13.3. The van der Waals surface area contributed by atoms with E-state index in [9.17, 15) is 9.90 Å². The van der Waals surface area contributed by atoms with Crippen LogP contribution in [0.1, 0.15) is 57.6 Å². The summed E-state index contributed by atoms with van der Waals surface area (Å²) in [5, 5.41) is 14.5. The third kappa shape index (κ3) is 6.55. The van der Waals surface area contributed by atoms with Gasteiger partial charge in [-0.3, -0.25) is 14.7 Å². The standard InChI is InChI=1S/C30H39N3O3/c1-3-4-5-8-14-30(29(34)35)15-17-33(18-16-30)19-20-36-25-11-9-10-24(22-25)32-28-21-23(2)31-27-13-7-6-12-26(27)28/h6-7,9-13,21-22H,3-5,8,14-20H2,1-2H3,(H,31,32)(H,34,35). The van der Waals surface area contributed by atoms with Crippen LogP contribution in [-0.4, -0.2) is 47.2 Å². The van der Waals surface area contributed by atoms with Crippen molar-refractivity contribution in [1.82, 2.24) is 9.88 Å². The largest absolute Gasteiger partial charge is 0.492 e. The van der Waals surface area contributed by atoms with Gasteiger partial charge in [0.1, 0.15) is 12.4 Å². The van der Waals surface area contributed by atoms with E-state index in [2.05, 4.69) is 34.3 Å². The summed E-state index contributed by atoms with van der Waals surface area (Å²) in [5.41, 5.74) is 3.40. The number of pyridine rings is 1. The molecule has 6 nitrogen and oxygen atoms in total. The molecule has 192 valence electrons. The Morgan fingerprint density at radius 3 is 2.67 bits per heavy atom. The van der Waals surface area contributed by atoms with E-state index in [-0.39, 0.29) is 0 Å². The van der Waals surface area contributed by atoms with Crippen molar-refractivity contribution in [3.63, 3.8) is 0 Å². The Kier molecular flexibility index (Phi) is 8.81. The van der Waals surface area contributed by atoms with Gasteiger partial charge in [0.15, 0.2) is 0 Å². The molecule has 0 spiro atoms. The van der Waals surface area contributed by atoms with Crippen LogP contribution in [-0.2, 0) is 4.79 Å². The van der Waals surface area contributed by atoms with E-state index < -0.39 is 11.4 Å². The number of aromatic nitrogens is 1. The summed E-state index contributed by atoms with van der Waals surface area (Å²) in [5.74, 6) is 0.208. The van der Waals surface area contributed by atoms with E-state index in [0.29, 0.717) is 6.61 Å². The zero-order valence-electron chi connectivity index (χ0n) is 21.6. The topological polar surface area (TPSA) is 74.7 Å². The molecule has 3 aromatic rings. The molecule has 0 bridgehead atoms. The first kappa shape index (κ1) is 26.0. The van der Waals surface area contributed by atoms with Crippen LogP contribution >= 0.6 is 0 Å². The second kappa shape index (κ2) is 12.2. The van der Waals surface area contributed by atoms with Crippen LogP contribution in [0.25, 0.3) is 10.9 Å². The van der Waals surface area contributed by atoms with E-state index in [1.54, 1.807) is 0 Å². The minimum Gasteiger partial charge on any atom is -0.492 e. The van der Waals surface area contributed by atoms with Crippen LogP contribution < -0.4 is 10.1 Å². The highest BCUT2D eigenvalue weighted by atomic mass is 16.5. The van der Waals surface area contributed by atoms with Crippen LogP contribution in [0.3, 0.4) is 0 Å². The fourth-order valence-electron chi connectivity index (χ4n) is 5.19. The normalized spacial score (nSPS) is 15.6. The number of likely N-dealkylation sites (tertiary alicyclic amines) is 1. The summed E-state index contributed by atoms with van der Waals surface area (Å²) in [6, 6.07) is 18.2. The predicted molar refractivity (Wildman–Crippen MR) is 146 cm³/mol. The summed E-state index contributed by atoms with van der Waals surface area (Å²) in [6.07, 6.45) is 6.78. The van der Waals surface area contributed by atoms with Gasteiger partial charge >= 0.3 is 5.97 Å². The fraction of sp³-hybridized carbons (Fsp3) is 0.467. The molecule has 0 saturated carbocycles. The maximum atomic E-state index is 12.0. The van der Waals surface area contributed by atoms with Gasteiger partial charge in [-0.25, -0.2) is 0 Å². The Labute approximate surface area is 214 Å². The lowest BCUT2D eigenvalue weighted by molar-refractivity contribution is -0.152. The van der Waals surface area contributed by atoms with Crippen molar-refractivity contribution >= 4 is 28.2 Å². The maximum absolute atomic E-state index is 12.0. The van der Waals surface area contributed by atoms with E-state index in [0.717, 1.165) is 85.5 Å². The van der Waals surface area contributed by atoms with Crippen LogP contribution in [0.2, 0.25) is 0 Å². The first-order chi connectivity index (χ1) is 17.5. The number of ether oxygens (including phenoxy) is 1. The molecule has 36 heavy (non-hydrogen) atoms. The number of para-hydroxylation sites is 1. The number of aryl methyl sites for hydroxylation is 1. The fourth-order valence-corrected chi connectivity index (χ4v) is 5.19. The molecule has 1 fully saturated rings. The number of carboxylic acid groups (broad SMARTS) is 1. The van der Waals surface area contributed by atoms with E-state index in [1.165, 1.54) is 12.8 Å². The molecule has 0 atom stereocenters. The highest BCUT2D eigenvalue weighted by Gasteiger charge is 2.40. The number of nitrogens with one attached hydrogen (secondary N) is 1. The van der Waals surface area contributed by atoms with Crippen molar-refractivity contribution in [3.05, 3.63) is 60.3 Å². The number of fused-ring (bicyclic) bond motifs is 1. The predicted octanol–water partition coefficient (Wildman–Crippen LogP) is 6.80. The summed E-state index contributed by atoms with van der Waals surface area (Å²) >= 11 is 0. The van der Waals surface area contributed by atoms with Gasteiger partial charge in [0.25, 0.3) is 0 Å². The molecule has 1 saturated heterocycles. The SMILES string of the molecule is CCCCCCC1(C(=O)O)CCN(CCOc2cccc(Nc3cc(C)nc4ccccc34)c2)CC1. The number of aliphatic carboxylic acids is 1. The number of nitrogens with zero attached hydrogens (tertiary/aromatic N) is 2. The Balaban J connectivity index is 1.28. The lowest BCUT2D eigenvalue weighted by Gasteiger charge is -2.39. The molecule has 1 aliphatic heterocycles. The smallest absolute Gasteiger partial charge is 0.309 e. The molecule has 2 aromatic carbocycles. The van der Waals surface area contributed by atoms with Gasteiger partial charge in [0, 0.05) is 35.1 Å². The summed E-state index contributed by atoms with van der Waals surface area (Å²) in [4.78, 5) is 19.0. The first-order valence-corrected chi connectivity index (χ1v) is 13.3. The monoisotopic (exact) mass is 489 g/mol. The third-order valence-corrected chi connectivity index (χ3v) is 7.41. The molecule has 0 unspecified atom stereocenters. The number of rotatable bonds is 12. The molecule has 1 aromatic heterocycles. The molecule has 2 N–H and O–H groups in total. The lowest BCUT2D eigenvalue weighted by Crippen LogP contribution is -2.45. The number of hydrogen-bond acceptors (Lipinski definition) is 5. The minimum atomic E-state index is -0.614. The lowest BCUT2D eigenvalue weighted by atomic mass is 9.74. The van der Waals surface area contributed by atoms with Crippen LogP contribution in [0.15, 0.2) is 54.6 Å². The second-order valence-corrected chi connectivity index (χ2v) is 10.1. The van der Waals surface area contributed by atoms with Crippen LogP contribution in [0, 0.1) is 12.3 Å². The van der Waals surface area contributed by atoms with Crippen LogP contribution in [0.5, 0.6) is 5.75 Å². The Morgan fingerprint density at radius 1 is 1.08 bits per heavy atom. The number of benzene rings is 2. The molecule has 0 aliphatic carbocycles. The van der Waals surface area contributed by atoms with Crippen molar-refractivity contribution in [3.8, 4) is 5.75 Å². The Bertz CT molecular complexity index is 1160. The Hall–Kier alpha value is -3.12. The highest BCUT2D eigenvalue weighted by Crippen LogP contribution is 2.37. The number of piperidine rings is 1. The molecule has 0 radical (unpaired) electrons. The zero-order chi connectivity index (χ0) is 25.4. The molecule has 0 amide bonds. The van der Waals surface area contributed by atoms with Crippen molar-refractivity contribution in [2.45, 2.75) is 58.8 Å². The van der Waals surface area contributed by atoms with Crippen molar-refractivity contribution in [1.29, 1.82) is 0 Å². The third-order valence-electron chi connectivity index (χ3n) is 7.41. The van der Waals surface area contributed by atoms with Gasteiger partial charge < -0.3 is 15.2 Å². The molecular formula is C30H39N3O3. The molecular weight excluding hydrogens is 450 g/mol. The van der Waals surface area contributed by atoms with Gasteiger partial charge in [0.05, 0.1) is 10.9 Å². The van der Waals surface area contributed by atoms with Gasteiger partial charge in [-0.1, -0.05) is 56.9 Å². The average Bonchev–Trinajstić information content (AvgIpc) is 2.88. The van der Waals surface area contributed by atoms with Crippen molar-refractivity contribution in [2.24, 2.45) is 5.41 Å². The minimum absolute atomic E-state index is 0.541. The van der Waals surface area contributed by atoms with E-state index in [4.69, 9.17) is 4.74 Å². The summed E-state index contributed by atoms with van der Waals surface area (Å²) < 4.78 is 6.08. The maximum Gasteiger partial charge on any atom is 0.309 e. The quantitative estimate of drug-likeness (QED) is 0.272. The second-order valence-electron chi connectivity index (χ2n) is 10.1. The molecule has 2 heterocycles. The molecule has 4 rings (SSSR count).